The molecule has 1 unspecified atom stereocenters. The standard InChI is InChI=1S/C14H20ClNO3/c1-5-18-8-10(4)19-14(17)11-6-12(9(2)3)16-13(15)7-11/h6-7,9-10H,5,8H2,1-4H3. The first-order valence-corrected chi connectivity index (χ1v) is 6.78. The molecule has 1 rings (SSSR count). The molecule has 0 N–H and O–H groups in total. The van der Waals surface area contributed by atoms with Crippen LogP contribution >= 0.6 is 11.6 Å². The van der Waals surface area contributed by atoms with Gasteiger partial charge in [0.2, 0.25) is 0 Å². The molecule has 0 spiro atoms. The summed E-state index contributed by atoms with van der Waals surface area (Å²) in [5, 5.41) is 0.301. The highest BCUT2D eigenvalue weighted by atomic mass is 35.5. The molecule has 0 saturated heterocycles. The van der Waals surface area contributed by atoms with E-state index >= 15 is 0 Å². The van der Waals surface area contributed by atoms with Crippen LogP contribution in [0.25, 0.3) is 0 Å². The van der Waals surface area contributed by atoms with Crippen molar-refractivity contribution in [3.8, 4) is 0 Å². The van der Waals surface area contributed by atoms with E-state index in [9.17, 15) is 4.79 Å². The number of rotatable bonds is 6. The van der Waals surface area contributed by atoms with Gasteiger partial charge >= 0.3 is 5.97 Å². The van der Waals surface area contributed by atoms with Crippen molar-refractivity contribution >= 4 is 17.6 Å². The lowest BCUT2D eigenvalue weighted by molar-refractivity contribution is 0.00437. The minimum atomic E-state index is -0.404. The monoisotopic (exact) mass is 285 g/mol. The normalized spacial score (nSPS) is 12.5. The van der Waals surface area contributed by atoms with E-state index in [2.05, 4.69) is 4.98 Å². The molecule has 5 heteroatoms. The van der Waals surface area contributed by atoms with Crippen LogP contribution in [0.1, 0.15) is 49.7 Å². The van der Waals surface area contributed by atoms with Crippen LogP contribution in [0.15, 0.2) is 12.1 Å². The maximum atomic E-state index is 12.0. The molecule has 0 aliphatic heterocycles. The maximum Gasteiger partial charge on any atom is 0.338 e. The quantitative estimate of drug-likeness (QED) is 0.593. The molecule has 1 aromatic heterocycles. The lowest BCUT2D eigenvalue weighted by Gasteiger charge is -2.14. The SMILES string of the molecule is CCOCC(C)OC(=O)c1cc(Cl)nc(C(C)C)c1. The zero-order valence-corrected chi connectivity index (χ0v) is 12.5. The third-order valence-corrected chi connectivity index (χ3v) is 2.70. The minimum Gasteiger partial charge on any atom is -0.457 e. The lowest BCUT2D eigenvalue weighted by Crippen LogP contribution is -2.20. The van der Waals surface area contributed by atoms with Crippen LogP contribution in [0.4, 0.5) is 0 Å². The molecule has 0 aliphatic rings. The Labute approximate surface area is 119 Å². The summed E-state index contributed by atoms with van der Waals surface area (Å²) >= 11 is 5.91. The molecular formula is C14H20ClNO3. The van der Waals surface area contributed by atoms with Crippen LogP contribution in [-0.4, -0.2) is 30.3 Å². The van der Waals surface area contributed by atoms with Gasteiger partial charge in [-0.2, -0.15) is 0 Å². The molecule has 0 aromatic carbocycles. The van der Waals surface area contributed by atoms with Crippen molar-refractivity contribution in [2.24, 2.45) is 0 Å². The van der Waals surface area contributed by atoms with Gasteiger partial charge in [-0.3, -0.25) is 0 Å². The van der Waals surface area contributed by atoms with Crippen molar-refractivity contribution in [1.82, 2.24) is 4.98 Å². The molecule has 0 amide bonds. The van der Waals surface area contributed by atoms with Crippen molar-refractivity contribution in [1.29, 1.82) is 0 Å². The molecule has 106 valence electrons. The van der Waals surface area contributed by atoms with Crippen LogP contribution in [0.2, 0.25) is 5.15 Å². The summed E-state index contributed by atoms with van der Waals surface area (Å²) in [7, 11) is 0. The Kier molecular flexibility index (Phi) is 6.25. The third-order valence-electron chi connectivity index (χ3n) is 2.51. The fraction of sp³-hybridized carbons (Fsp3) is 0.571. The second kappa shape index (κ2) is 7.46. The summed E-state index contributed by atoms with van der Waals surface area (Å²) in [5.74, 6) is -0.204. The van der Waals surface area contributed by atoms with Gasteiger partial charge in [0.25, 0.3) is 0 Å². The van der Waals surface area contributed by atoms with Gasteiger partial charge in [0, 0.05) is 12.3 Å². The fourth-order valence-electron chi connectivity index (χ4n) is 1.50. The van der Waals surface area contributed by atoms with Gasteiger partial charge in [0.05, 0.1) is 12.2 Å². The van der Waals surface area contributed by atoms with Crippen LogP contribution in [0.5, 0.6) is 0 Å². The predicted molar refractivity (Wildman–Crippen MR) is 74.7 cm³/mol. The first-order valence-electron chi connectivity index (χ1n) is 6.40. The number of hydrogen-bond acceptors (Lipinski definition) is 4. The first-order chi connectivity index (χ1) is 8.93. The van der Waals surface area contributed by atoms with E-state index in [1.165, 1.54) is 6.07 Å². The fourth-order valence-corrected chi connectivity index (χ4v) is 1.71. The summed E-state index contributed by atoms with van der Waals surface area (Å²) in [6, 6.07) is 3.23. The van der Waals surface area contributed by atoms with E-state index in [4.69, 9.17) is 21.1 Å². The average Bonchev–Trinajstić information content (AvgIpc) is 2.35. The highest BCUT2D eigenvalue weighted by Crippen LogP contribution is 2.18. The number of nitrogens with zero attached hydrogens (tertiary/aromatic N) is 1. The Morgan fingerprint density at radius 1 is 1.37 bits per heavy atom. The first kappa shape index (κ1) is 15.9. The number of pyridine rings is 1. The minimum absolute atomic E-state index is 0.200. The Morgan fingerprint density at radius 3 is 2.63 bits per heavy atom. The van der Waals surface area contributed by atoms with Gasteiger partial charge in [-0.05, 0) is 31.9 Å². The topological polar surface area (TPSA) is 48.4 Å². The van der Waals surface area contributed by atoms with Crippen molar-refractivity contribution in [3.63, 3.8) is 0 Å². The van der Waals surface area contributed by atoms with Gasteiger partial charge in [-0.25, -0.2) is 9.78 Å². The Bertz CT molecular complexity index is 435. The number of hydrogen-bond donors (Lipinski definition) is 0. The lowest BCUT2D eigenvalue weighted by atomic mass is 10.1. The molecule has 1 aromatic rings. The Hall–Kier alpha value is -1.13. The van der Waals surface area contributed by atoms with Gasteiger partial charge in [0.15, 0.2) is 0 Å². The number of aromatic nitrogens is 1. The molecule has 0 fully saturated rings. The van der Waals surface area contributed by atoms with Crippen molar-refractivity contribution in [3.05, 3.63) is 28.5 Å². The van der Waals surface area contributed by atoms with E-state index in [0.717, 1.165) is 5.69 Å². The van der Waals surface area contributed by atoms with E-state index in [0.29, 0.717) is 23.9 Å². The third kappa shape index (κ3) is 5.17. The van der Waals surface area contributed by atoms with Gasteiger partial charge in [0.1, 0.15) is 11.3 Å². The second-order valence-corrected chi connectivity index (χ2v) is 5.02. The zero-order valence-electron chi connectivity index (χ0n) is 11.8. The zero-order chi connectivity index (χ0) is 14.4. The Morgan fingerprint density at radius 2 is 2.05 bits per heavy atom. The molecule has 0 bridgehead atoms. The van der Waals surface area contributed by atoms with Crippen LogP contribution < -0.4 is 0 Å². The van der Waals surface area contributed by atoms with E-state index in [1.54, 1.807) is 13.0 Å². The summed E-state index contributed by atoms with van der Waals surface area (Å²) in [6.07, 6.45) is -0.290. The summed E-state index contributed by atoms with van der Waals surface area (Å²) in [6.45, 7) is 8.65. The molecule has 4 nitrogen and oxygen atoms in total. The van der Waals surface area contributed by atoms with Crippen LogP contribution in [0, 0.1) is 0 Å². The maximum absolute atomic E-state index is 12.0. The number of ether oxygens (including phenoxy) is 2. The summed E-state index contributed by atoms with van der Waals surface area (Å²) < 4.78 is 10.5. The highest BCUT2D eigenvalue weighted by Gasteiger charge is 2.15. The van der Waals surface area contributed by atoms with E-state index < -0.39 is 5.97 Å². The molecule has 0 radical (unpaired) electrons. The number of esters is 1. The number of carbonyl (C=O) groups is 1. The highest BCUT2D eigenvalue weighted by molar-refractivity contribution is 6.29. The smallest absolute Gasteiger partial charge is 0.338 e. The van der Waals surface area contributed by atoms with Crippen molar-refractivity contribution in [2.45, 2.75) is 39.7 Å². The molecule has 19 heavy (non-hydrogen) atoms. The Balaban J connectivity index is 2.76. The van der Waals surface area contributed by atoms with Gasteiger partial charge in [-0.1, -0.05) is 25.4 Å². The molecule has 0 aliphatic carbocycles. The average molecular weight is 286 g/mol. The molecule has 1 heterocycles. The van der Waals surface area contributed by atoms with Crippen LogP contribution in [0.3, 0.4) is 0 Å². The van der Waals surface area contributed by atoms with Crippen molar-refractivity contribution < 1.29 is 14.3 Å². The molecular weight excluding hydrogens is 266 g/mol. The van der Waals surface area contributed by atoms with Crippen molar-refractivity contribution in [2.75, 3.05) is 13.2 Å². The molecule has 1 atom stereocenters. The largest absolute Gasteiger partial charge is 0.457 e. The summed E-state index contributed by atoms with van der Waals surface area (Å²) in [4.78, 5) is 16.2. The summed E-state index contributed by atoms with van der Waals surface area (Å²) in [5.41, 5.74) is 1.20. The van der Waals surface area contributed by atoms with Gasteiger partial charge in [-0.15, -0.1) is 0 Å². The van der Waals surface area contributed by atoms with E-state index in [1.807, 2.05) is 20.8 Å². The molecule has 0 saturated carbocycles. The van der Waals surface area contributed by atoms with Crippen LogP contribution in [-0.2, 0) is 9.47 Å². The van der Waals surface area contributed by atoms with E-state index in [-0.39, 0.29) is 12.0 Å². The van der Waals surface area contributed by atoms with Gasteiger partial charge < -0.3 is 9.47 Å². The number of carbonyl (C=O) groups excluding carboxylic acids is 1. The second-order valence-electron chi connectivity index (χ2n) is 4.63. The predicted octanol–water partition coefficient (Wildman–Crippen LogP) is 3.44. The number of halogens is 1.